The van der Waals surface area contributed by atoms with E-state index < -0.39 is 5.54 Å². The largest absolute Gasteiger partial charge is 0.325 e. The molecule has 2 unspecified atom stereocenters. The minimum Gasteiger partial charge on any atom is -0.325 e. The Balaban J connectivity index is 0.00000180. The first kappa shape index (κ1) is 16.0. The molecule has 0 radical (unpaired) electrons. The molecule has 1 heterocycles. The Morgan fingerprint density at radius 3 is 2.79 bits per heavy atom. The average molecular weight is 287 g/mol. The van der Waals surface area contributed by atoms with Crippen LogP contribution in [0.3, 0.4) is 0 Å². The molecule has 1 fully saturated rings. The van der Waals surface area contributed by atoms with Crippen LogP contribution in [0.25, 0.3) is 0 Å². The normalized spacial score (nSPS) is 26.6. The van der Waals surface area contributed by atoms with Crippen molar-refractivity contribution in [2.75, 3.05) is 5.32 Å². The maximum absolute atomic E-state index is 12.3. The van der Waals surface area contributed by atoms with Crippen LogP contribution >= 0.6 is 12.4 Å². The summed E-state index contributed by atoms with van der Waals surface area (Å²) in [5.41, 5.74) is 7.59. The van der Waals surface area contributed by atoms with Crippen molar-refractivity contribution >= 4 is 24.0 Å². The highest BCUT2D eigenvalue weighted by Crippen LogP contribution is 2.32. The lowest BCUT2D eigenvalue weighted by Gasteiger charge is -2.37. The van der Waals surface area contributed by atoms with E-state index >= 15 is 0 Å². The van der Waals surface area contributed by atoms with E-state index in [9.17, 15) is 4.79 Å². The zero-order valence-corrected chi connectivity index (χ0v) is 12.6. The summed E-state index contributed by atoms with van der Waals surface area (Å²) >= 11 is 0. The molecule has 5 nitrogen and oxygen atoms in total. The van der Waals surface area contributed by atoms with Gasteiger partial charge in [0.1, 0.15) is 0 Å². The quantitative estimate of drug-likeness (QED) is 0.873. The van der Waals surface area contributed by atoms with Crippen LogP contribution in [0, 0.1) is 12.8 Å². The van der Waals surface area contributed by atoms with Crippen molar-refractivity contribution in [3.05, 3.63) is 11.9 Å². The summed E-state index contributed by atoms with van der Waals surface area (Å²) in [6, 6.07) is 0. The number of halogens is 1. The zero-order valence-electron chi connectivity index (χ0n) is 11.8. The number of nitrogens with zero attached hydrogens (tertiary/aromatic N) is 2. The molecule has 19 heavy (non-hydrogen) atoms. The molecule has 0 aliphatic heterocycles. The summed E-state index contributed by atoms with van der Waals surface area (Å²) in [6.07, 6.45) is 5.67. The Labute approximate surface area is 120 Å². The molecule has 0 aromatic carbocycles. The van der Waals surface area contributed by atoms with Gasteiger partial charge in [0.2, 0.25) is 5.91 Å². The first-order chi connectivity index (χ1) is 8.42. The van der Waals surface area contributed by atoms with Crippen molar-refractivity contribution in [3.63, 3.8) is 0 Å². The molecule has 1 aromatic rings. The third-order valence-electron chi connectivity index (χ3n) is 4.06. The van der Waals surface area contributed by atoms with E-state index in [0.717, 1.165) is 37.1 Å². The van der Waals surface area contributed by atoms with Gasteiger partial charge in [-0.25, -0.2) is 0 Å². The third-order valence-corrected chi connectivity index (χ3v) is 4.06. The summed E-state index contributed by atoms with van der Waals surface area (Å²) in [7, 11) is 1.86. The molecular weight excluding hydrogens is 264 g/mol. The molecule has 1 aliphatic carbocycles. The molecule has 1 amide bonds. The van der Waals surface area contributed by atoms with Crippen molar-refractivity contribution in [1.82, 2.24) is 9.78 Å². The maximum Gasteiger partial charge on any atom is 0.229 e. The number of hydrogen-bond donors (Lipinski definition) is 2. The fourth-order valence-corrected chi connectivity index (χ4v) is 2.63. The second kappa shape index (κ2) is 5.92. The van der Waals surface area contributed by atoms with Gasteiger partial charge in [0.25, 0.3) is 0 Å². The molecule has 108 valence electrons. The predicted octanol–water partition coefficient (Wildman–Crippen LogP) is 2.00. The van der Waals surface area contributed by atoms with Crippen LogP contribution in [-0.4, -0.2) is 21.2 Å². The van der Waals surface area contributed by atoms with Crippen LogP contribution in [0.2, 0.25) is 0 Å². The second-order valence-electron chi connectivity index (χ2n) is 5.56. The molecule has 6 heteroatoms. The fourth-order valence-electron chi connectivity index (χ4n) is 2.63. The molecule has 0 bridgehead atoms. The number of amides is 1. The second-order valence-corrected chi connectivity index (χ2v) is 5.56. The van der Waals surface area contributed by atoms with Gasteiger partial charge in [-0.15, -0.1) is 12.4 Å². The highest BCUT2D eigenvalue weighted by molar-refractivity contribution is 5.93. The molecule has 1 saturated carbocycles. The summed E-state index contributed by atoms with van der Waals surface area (Å²) < 4.78 is 1.75. The van der Waals surface area contributed by atoms with Crippen molar-refractivity contribution in [1.29, 1.82) is 0 Å². The van der Waals surface area contributed by atoms with Crippen LogP contribution in [0.1, 0.15) is 38.3 Å². The number of aromatic nitrogens is 2. The SMILES string of the molecule is Cc1c(NC(=O)C2CCCCC2(C)N)cnn1C.Cl. The number of aryl methyl sites for hydroxylation is 1. The van der Waals surface area contributed by atoms with Crippen LogP contribution < -0.4 is 11.1 Å². The third kappa shape index (κ3) is 3.28. The summed E-state index contributed by atoms with van der Waals surface area (Å²) in [5.74, 6) is -0.0818. The van der Waals surface area contributed by atoms with Gasteiger partial charge in [0.05, 0.1) is 23.5 Å². The smallest absolute Gasteiger partial charge is 0.229 e. The molecule has 1 aromatic heterocycles. The van der Waals surface area contributed by atoms with E-state index in [2.05, 4.69) is 10.4 Å². The lowest BCUT2D eigenvalue weighted by Crippen LogP contribution is -2.51. The topological polar surface area (TPSA) is 72.9 Å². The van der Waals surface area contributed by atoms with Gasteiger partial charge in [0, 0.05) is 12.6 Å². The van der Waals surface area contributed by atoms with E-state index in [4.69, 9.17) is 5.73 Å². The van der Waals surface area contributed by atoms with Crippen LogP contribution in [0.15, 0.2) is 6.20 Å². The number of carbonyl (C=O) groups excluding carboxylic acids is 1. The van der Waals surface area contributed by atoms with E-state index in [1.165, 1.54) is 0 Å². The van der Waals surface area contributed by atoms with E-state index in [-0.39, 0.29) is 24.2 Å². The monoisotopic (exact) mass is 286 g/mol. The lowest BCUT2D eigenvalue weighted by molar-refractivity contribution is -0.122. The number of nitrogens with two attached hydrogens (primary N) is 1. The molecule has 2 rings (SSSR count). The Hall–Kier alpha value is -1.07. The fraction of sp³-hybridized carbons (Fsp3) is 0.692. The van der Waals surface area contributed by atoms with Crippen molar-refractivity contribution in [2.45, 2.75) is 45.1 Å². The van der Waals surface area contributed by atoms with Crippen molar-refractivity contribution < 1.29 is 4.79 Å². The summed E-state index contributed by atoms with van der Waals surface area (Å²) in [5, 5.41) is 7.08. The first-order valence-corrected chi connectivity index (χ1v) is 6.50. The number of rotatable bonds is 2. The highest BCUT2D eigenvalue weighted by Gasteiger charge is 2.37. The molecular formula is C13H23ClN4O. The standard InChI is InChI=1S/C13H22N4O.ClH/c1-9-11(8-15-17(9)3)16-12(18)10-6-4-5-7-13(10,2)14;/h8,10H,4-7,14H2,1-3H3,(H,16,18);1H. The minimum absolute atomic E-state index is 0. The number of anilines is 1. The number of nitrogens with one attached hydrogen (secondary N) is 1. The van der Waals surface area contributed by atoms with Gasteiger partial charge in [0.15, 0.2) is 0 Å². The number of carbonyl (C=O) groups is 1. The Kier molecular flexibility index (Phi) is 4.98. The van der Waals surface area contributed by atoms with E-state index in [1.807, 2.05) is 20.9 Å². The molecule has 2 atom stereocenters. The number of hydrogen-bond acceptors (Lipinski definition) is 3. The highest BCUT2D eigenvalue weighted by atomic mass is 35.5. The minimum atomic E-state index is -0.390. The first-order valence-electron chi connectivity index (χ1n) is 6.50. The zero-order chi connectivity index (χ0) is 13.3. The Morgan fingerprint density at radius 1 is 1.58 bits per heavy atom. The van der Waals surface area contributed by atoms with Crippen molar-refractivity contribution in [2.24, 2.45) is 18.7 Å². The van der Waals surface area contributed by atoms with Crippen LogP contribution in [-0.2, 0) is 11.8 Å². The molecule has 3 N–H and O–H groups in total. The van der Waals surface area contributed by atoms with Gasteiger partial charge in [-0.1, -0.05) is 12.8 Å². The van der Waals surface area contributed by atoms with Gasteiger partial charge in [-0.05, 0) is 26.7 Å². The van der Waals surface area contributed by atoms with Crippen LogP contribution in [0.4, 0.5) is 5.69 Å². The maximum atomic E-state index is 12.3. The lowest BCUT2D eigenvalue weighted by atomic mass is 9.74. The van der Waals surface area contributed by atoms with E-state index in [1.54, 1.807) is 10.9 Å². The Bertz CT molecular complexity index is 455. The average Bonchev–Trinajstić information content (AvgIpc) is 2.60. The van der Waals surface area contributed by atoms with Gasteiger partial charge < -0.3 is 11.1 Å². The van der Waals surface area contributed by atoms with Gasteiger partial charge in [-0.2, -0.15) is 5.10 Å². The summed E-state index contributed by atoms with van der Waals surface area (Å²) in [4.78, 5) is 12.3. The molecule has 0 saturated heterocycles. The Morgan fingerprint density at radius 2 is 2.26 bits per heavy atom. The van der Waals surface area contributed by atoms with Gasteiger partial charge >= 0.3 is 0 Å². The van der Waals surface area contributed by atoms with Crippen LogP contribution in [0.5, 0.6) is 0 Å². The predicted molar refractivity (Wildman–Crippen MR) is 78.4 cm³/mol. The summed E-state index contributed by atoms with van der Waals surface area (Å²) in [6.45, 7) is 3.91. The van der Waals surface area contributed by atoms with Crippen molar-refractivity contribution in [3.8, 4) is 0 Å². The molecule has 0 spiro atoms. The molecule has 1 aliphatic rings. The van der Waals surface area contributed by atoms with Gasteiger partial charge in [-0.3, -0.25) is 9.48 Å². The van der Waals surface area contributed by atoms with E-state index in [0.29, 0.717) is 0 Å².